The molecule has 3 heterocycles. The van der Waals surface area contributed by atoms with Crippen molar-refractivity contribution in [3.05, 3.63) is 23.7 Å². The maximum absolute atomic E-state index is 12.0. The number of carbonyl (C=O) groups is 2. The molecule has 1 aliphatic heterocycles. The van der Waals surface area contributed by atoms with Gasteiger partial charge < -0.3 is 26.2 Å². The molecule has 2 aromatic heterocycles. The second-order valence-corrected chi connectivity index (χ2v) is 8.17. The van der Waals surface area contributed by atoms with Crippen LogP contribution in [0.25, 0.3) is 0 Å². The molecule has 0 radical (unpaired) electrons. The third-order valence-corrected chi connectivity index (χ3v) is 5.57. The quantitative estimate of drug-likeness (QED) is 0.674. The van der Waals surface area contributed by atoms with E-state index in [1.54, 1.807) is 20.3 Å². The van der Waals surface area contributed by atoms with Gasteiger partial charge in [-0.2, -0.15) is 4.37 Å². The van der Waals surface area contributed by atoms with Gasteiger partial charge in [-0.1, -0.05) is 0 Å². The molecule has 0 bridgehead atoms. The van der Waals surface area contributed by atoms with Gasteiger partial charge in [-0.3, -0.25) is 4.79 Å². The summed E-state index contributed by atoms with van der Waals surface area (Å²) < 4.78 is 4.22. The molecular formula is C18H26N8O2S. The molecule has 0 unspecified atom stereocenters. The Labute approximate surface area is 173 Å². The van der Waals surface area contributed by atoms with Gasteiger partial charge >= 0.3 is 6.03 Å². The summed E-state index contributed by atoms with van der Waals surface area (Å²) in [6.07, 6.45) is 3.33. The number of nitrogens with zero attached hydrogens (tertiary/aromatic N) is 5. The number of hydrogen-bond donors (Lipinski definition) is 3. The zero-order valence-corrected chi connectivity index (χ0v) is 17.8. The van der Waals surface area contributed by atoms with E-state index in [-0.39, 0.29) is 23.8 Å². The van der Waals surface area contributed by atoms with Gasteiger partial charge in [0.1, 0.15) is 10.8 Å². The molecule has 10 nitrogen and oxygen atoms in total. The van der Waals surface area contributed by atoms with E-state index in [2.05, 4.69) is 36.8 Å². The van der Waals surface area contributed by atoms with E-state index in [1.807, 2.05) is 13.0 Å². The van der Waals surface area contributed by atoms with Crippen molar-refractivity contribution >= 4 is 40.1 Å². The third kappa shape index (κ3) is 4.91. The number of hydrogen-bond acceptors (Lipinski definition) is 8. The third-order valence-electron chi connectivity index (χ3n) is 4.77. The standard InChI is InChI=1S/C18H26N8O2S/c1-10-7-14(29-24-10)23-17-15(16(19)27)20-8-13(22-17)26-9-12(6-5-11(26)2)21-18(28)25(3)4/h7-8,11-12H,5-6,9H2,1-4H3,(H2,19,27)(H,21,28)(H,22,23)/t11-,12-/m0/s1. The van der Waals surface area contributed by atoms with Crippen molar-refractivity contribution in [2.75, 3.05) is 30.9 Å². The molecule has 2 aromatic rings. The average molecular weight is 419 g/mol. The van der Waals surface area contributed by atoms with Gasteiger partial charge in [-0.15, -0.1) is 0 Å². The molecular weight excluding hydrogens is 392 g/mol. The monoisotopic (exact) mass is 418 g/mol. The first kappa shape index (κ1) is 20.8. The van der Waals surface area contributed by atoms with Crippen molar-refractivity contribution in [3.63, 3.8) is 0 Å². The van der Waals surface area contributed by atoms with Gasteiger partial charge in [-0.05, 0) is 44.3 Å². The minimum absolute atomic E-state index is 0.000674. The minimum atomic E-state index is -0.657. The van der Waals surface area contributed by atoms with E-state index in [9.17, 15) is 9.59 Å². The first-order valence-electron chi connectivity index (χ1n) is 9.36. The highest BCUT2D eigenvalue weighted by Crippen LogP contribution is 2.27. The van der Waals surface area contributed by atoms with Crippen LogP contribution in [0.1, 0.15) is 35.9 Å². The lowest BCUT2D eigenvalue weighted by atomic mass is 9.99. The van der Waals surface area contributed by atoms with Gasteiger partial charge in [-0.25, -0.2) is 14.8 Å². The number of aromatic nitrogens is 3. The highest BCUT2D eigenvalue weighted by Gasteiger charge is 2.29. The fraction of sp³-hybridized carbons (Fsp3) is 0.500. The molecule has 4 N–H and O–H groups in total. The number of rotatable bonds is 5. The molecule has 0 aromatic carbocycles. The number of nitrogens with two attached hydrogens (primary N) is 1. The Kier molecular flexibility index (Phi) is 6.16. The number of urea groups is 1. The predicted molar refractivity (Wildman–Crippen MR) is 113 cm³/mol. The van der Waals surface area contributed by atoms with E-state index in [0.717, 1.165) is 23.5 Å². The van der Waals surface area contributed by atoms with Crippen LogP contribution < -0.4 is 21.3 Å². The Morgan fingerprint density at radius 3 is 2.72 bits per heavy atom. The van der Waals surface area contributed by atoms with Crippen LogP contribution in [-0.4, -0.2) is 63.9 Å². The van der Waals surface area contributed by atoms with Gasteiger partial charge in [0.15, 0.2) is 11.5 Å². The Balaban J connectivity index is 1.85. The first-order chi connectivity index (χ1) is 13.7. The highest BCUT2D eigenvalue weighted by atomic mass is 32.1. The smallest absolute Gasteiger partial charge is 0.317 e. The van der Waals surface area contributed by atoms with Crippen molar-refractivity contribution in [2.24, 2.45) is 5.73 Å². The largest absolute Gasteiger partial charge is 0.364 e. The summed E-state index contributed by atoms with van der Waals surface area (Å²) in [5.41, 5.74) is 6.41. The molecule has 0 saturated carbocycles. The van der Waals surface area contributed by atoms with Crippen molar-refractivity contribution in [3.8, 4) is 0 Å². The van der Waals surface area contributed by atoms with Gasteiger partial charge in [0.2, 0.25) is 0 Å². The molecule has 1 fully saturated rings. The lowest BCUT2D eigenvalue weighted by Crippen LogP contribution is -2.53. The van der Waals surface area contributed by atoms with Crippen molar-refractivity contribution in [1.29, 1.82) is 0 Å². The molecule has 3 rings (SSSR count). The number of carbonyl (C=O) groups excluding carboxylic acids is 2. The molecule has 156 valence electrons. The first-order valence-corrected chi connectivity index (χ1v) is 10.1. The van der Waals surface area contributed by atoms with Crippen molar-refractivity contribution < 1.29 is 9.59 Å². The summed E-state index contributed by atoms with van der Waals surface area (Å²) in [5, 5.41) is 6.88. The van der Waals surface area contributed by atoms with E-state index in [0.29, 0.717) is 18.2 Å². The fourth-order valence-electron chi connectivity index (χ4n) is 3.17. The summed E-state index contributed by atoms with van der Waals surface area (Å²) in [7, 11) is 3.43. The molecule has 1 aliphatic rings. The zero-order valence-electron chi connectivity index (χ0n) is 17.0. The number of nitrogens with one attached hydrogen (secondary N) is 2. The van der Waals surface area contributed by atoms with Gasteiger partial charge in [0.25, 0.3) is 5.91 Å². The molecule has 3 amide bonds. The summed E-state index contributed by atoms with van der Waals surface area (Å²) in [4.78, 5) is 36.3. The van der Waals surface area contributed by atoms with Crippen LogP contribution in [0, 0.1) is 6.92 Å². The summed E-state index contributed by atoms with van der Waals surface area (Å²) in [6, 6.07) is 1.96. The molecule has 2 atom stereocenters. The summed E-state index contributed by atoms with van der Waals surface area (Å²) in [6.45, 7) is 4.59. The SMILES string of the molecule is Cc1cc(Nc2nc(N3C[C@@H](NC(=O)N(C)C)CC[C@@H]3C)cnc2C(N)=O)sn1. The Morgan fingerprint density at radius 2 is 2.10 bits per heavy atom. The van der Waals surface area contributed by atoms with E-state index < -0.39 is 5.91 Å². The van der Waals surface area contributed by atoms with E-state index in [4.69, 9.17) is 5.73 Å². The summed E-state index contributed by atoms with van der Waals surface area (Å²) in [5.74, 6) is 0.260. The van der Waals surface area contributed by atoms with Crippen LogP contribution in [-0.2, 0) is 0 Å². The van der Waals surface area contributed by atoms with Gasteiger partial charge in [0.05, 0.1) is 11.9 Å². The van der Waals surface area contributed by atoms with E-state index >= 15 is 0 Å². The highest BCUT2D eigenvalue weighted by molar-refractivity contribution is 7.10. The molecule has 11 heteroatoms. The number of aryl methyl sites for hydroxylation is 1. The van der Waals surface area contributed by atoms with Crippen LogP contribution in [0.15, 0.2) is 12.3 Å². The normalized spacial score (nSPS) is 19.0. The number of primary amides is 1. The maximum Gasteiger partial charge on any atom is 0.317 e. The Hall–Kier alpha value is -2.95. The van der Waals surface area contributed by atoms with Crippen LogP contribution >= 0.6 is 11.5 Å². The second kappa shape index (κ2) is 8.60. The van der Waals surface area contributed by atoms with Crippen molar-refractivity contribution in [2.45, 2.75) is 38.8 Å². The number of anilines is 3. The van der Waals surface area contributed by atoms with Crippen molar-refractivity contribution in [1.82, 2.24) is 24.6 Å². The van der Waals surface area contributed by atoms with E-state index in [1.165, 1.54) is 16.4 Å². The zero-order chi connectivity index (χ0) is 21.1. The second-order valence-electron chi connectivity index (χ2n) is 7.37. The van der Waals surface area contributed by atoms with Crippen LogP contribution in [0.4, 0.5) is 21.4 Å². The Bertz CT molecular complexity index is 900. The van der Waals surface area contributed by atoms with Crippen LogP contribution in [0.3, 0.4) is 0 Å². The predicted octanol–water partition coefficient (Wildman–Crippen LogP) is 1.71. The maximum atomic E-state index is 12.0. The average Bonchev–Trinajstić information content (AvgIpc) is 3.07. The Morgan fingerprint density at radius 1 is 1.34 bits per heavy atom. The molecule has 1 saturated heterocycles. The summed E-state index contributed by atoms with van der Waals surface area (Å²) >= 11 is 1.27. The van der Waals surface area contributed by atoms with Gasteiger partial charge in [0, 0.05) is 32.7 Å². The fourth-order valence-corrected chi connectivity index (χ4v) is 3.83. The number of amides is 3. The van der Waals surface area contributed by atoms with Crippen LogP contribution in [0.5, 0.6) is 0 Å². The lowest BCUT2D eigenvalue weighted by Gasteiger charge is -2.39. The minimum Gasteiger partial charge on any atom is -0.364 e. The molecule has 29 heavy (non-hydrogen) atoms. The molecule has 0 spiro atoms. The molecule has 0 aliphatic carbocycles. The lowest BCUT2D eigenvalue weighted by molar-refractivity contribution is 0.0996. The topological polar surface area (TPSA) is 129 Å². The number of piperidine rings is 1. The van der Waals surface area contributed by atoms with Crippen LogP contribution in [0.2, 0.25) is 0 Å².